The molecule has 0 heterocycles. The molecule has 0 bridgehead atoms. The van der Waals surface area contributed by atoms with E-state index in [4.69, 9.17) is 0 Å². The van der Waals surface area contributed by atoms with E-state index in [2.05, 4.69) is 50.4 Å². The van der Waals surface area contributed by atoms with Gasteiger partial charge in [0.2, 0.25) is 0 Å². The van der Waals surface area contributed by atoms with Crippen molar-refractivity contribution in [1.82, 2.24) is 5.32 Å². The van der Waals surface area contributed by atoms with Crippen LogP contribution in [0.4, 0.5) is 4.39 Å². The lowest BCUT2D eigenvalue weighted by atomic mass is 9.98. The van der Waals surface area contributed by atoms with Crippen LogP contribution in [-0.2, 0) is 0 Å². The molecule has 2 aromatic carbocycles. The molecular weight excluding hydrogens is 261 g/mol. The van der Waals surface area contributed by atoms with Crippen LogP contribution in [0.2, 0.25) is 0 Å². The van der Waals surface area contributed by atoms with Crippen LogP contribution in [0.5, 0.6) is 0 Å². The van der Waals surface area contributed by atoms with E-state index in [0.29, 0.717) is 6.04 Å². The number of halogens is 1. The second kappa shape index (κ2) is 7.37. The number of hydrogen-bond acceptors (Lipinski definition) is 1. The first-order chi connectivity index (χ1) is 10.1. The van der Waals surface area contributed by atoms with Crippen molar-refractivity contribution in [3.05, 3.63) is 71.0 Å². The van der Waals surface area contributed by atoms with Crippen LogP contribution < -0.4 is 5.32 Å². The molecule has 0 aliphatic heterocycles. The van der Waals surface area contributed by atoms with Crippen molar-refractivity contribution in [2.75, 3.05) is 0 Å². The molecule has 21 heavy (non-hydrogen) atoms. The second-order valence-corrected chi connectivity index (χ2v) is 5.55. The first-order valence-corrected chi connectivity index (χ1v) is 7.72. The largest absolute Gasteiger partial charge is 0.303 e. The van der Waals surface area contributed by atoms with E-state index < -0.39 is 0 Å². The highest BCUT2D eigenvalue weighted by atomic mass is 19.1. The van der Waals surface area contributed by atoms with Crippen molar-refractivity contribution in [1.29, 1.82) is 0 Å². The minimum Gasteiger partial charge on any atom is -0.303 e. The molecule has 0 amide bonds. The average molecular weight is 285 g/mol. The first-order valence-electron chi connectivity index (χ1n) is 7.72. The predicted octanol–water partition coefficient (Wildman–Crippen LogP) is 5.33. The van der Waals surface area contributed by atoms with Crippen molar-refractivity contribution >= 4 is 0 Å². The Morgan fingerprint density at radius 1 is 0.905 bits per heavy atom. The van der Waals surface area contributed by atoms with Gasteiger partial charge in [-0.05, 0) is 43.0 Å². The molecule has 0 saturated heterocycles. The second-order valence-electron chi connectivity index (χ2n) is 5.55. The van der Waals surface area contributed by atoms with Gasteiger partial charge in [-0.2, -0.15) is 0 Å². The maximum Gasteiger partial charge on any atom is 0.123 e. The van der Waals surface area contributed by atoms with Crippen LogP contribution in [0.1, 0.15) is 55.5 Å². The highest BCUT2D eigenvalue weighted by Gasteiger charge is 2.16. The maximum atomic E-state index is 13.4. The van der Waals surface area contributed by atoms with Gasteiger partial charge in [-0.15, -0.1) is 0 Å². The summed E-state index contributed by atoms with van der Waals surface area (Å²) >= 11 is 0. The quantitative estimate of drug-likeness (QED) is 0.756. The highest BCUT2D eigenvalue weighted by Crippen LogP contribution is 2.25. The van der Waals surface area contributed by atoms with E-state index in [1.165, 1.54) is 17.2 Å². The molecule has 2 unspecified atom stereocenters. The molecule has 0 aliphatic rings. The Kier molecular flexibility index (Phi) is 5.51. The van der Waals surface area contributed by atoms with E-state index in [9.17, 15) is 4.39 Å². The Hall–Kier alpha value is -1.67. The van der Waals surface area contributed by atoms with Gasteiger partial charge in [-0.3, -0.25) is 0 Å². The molecule has 0 aromatic heterocycles. The lowest BCUT2D eigenvalue weighted by Gasteiger charge is -2.25. The zero-order valence-electron chi connectivity index (χ0n) is 13.1. The molecule has 2 rings (SSSR count). The van der Waals surface area contributed by atoms with Crippen molar-refractivity contribution < 1.29 is 4.39 Å². The van der Waals surface area contributed by atoms with Gasteiger partial charge in [0.05, 0.1) is 0 Å². The van der Waals surface area contributed by atoms with Crippen molar-refractivity contribution in [2.45, 2.75) is 45.7 Å². The highest BCUT2D eigenvalue weighted by molar-refractivity contribution is 5.25. The molecule has 112 valence electrons. The summed E-state index contributed by atoms with van der Waals surface area (Å²) < 4.78 is 13.4. The summed E-state index contributed by atoms with van der Waals surface area (Å²) in [7, 11) is 0. The lowest BCUT2D eigenvalue weighted by Crippen LogP contribution is -2.26. The van der Waals surface area contributed by atoms with Crippen LogP contribution in [0, 0.1) is 12.7 Å². The van der Waals surface area contributed by atoms with E-state index in [1.807, 2.05) is 6.07 Å². The molecule has 1 N–H and O–H groups in total. The summed E-state index contributed by atoms with van der Waals surface area (Å²) in [5.41, 5.74) is 3.58. The molecule has 0 saturated carbocycles. The van der Waals surface area contributed by atoms with Gasteiger partial charge in [0, 0.05) is 12.1 Å². The molecule has 0 spiro atoms. The van der Waals surface area contributed by atoms with E-state index >= 15 is 0 Å². The first kappa shape index (κ1) is 15.7. The molecule has 2 heteroatoms. The molecule has 2 aromatic rings. The zero-order valence-corrected chi connectivity index (χ0v) is 13.1. The van der Waals surface area contributed by atoms with Crippen LogP contribution in [0.15, 0.2) is 48.5 Å². The minimum absolute atomic E-state index is 0.170. The standard InChI is InChI=1S/C19H24FN/c1-4-18(15-11-9-14(3)10-12-15)21-19(5-2)16-7-6-8-17(20)13-16/h6-13,18-19,21H,4-5H2,1-3H3. The molecular formula is C19H24FN. The van der Waals surface area contributed by atoms with Gasteiger partial charge in [-0.25, -0.2) is 4.39 Å². The van der Waals surface area contributed by atoms with E-state index in [0.717, 1.165) is 18.4 Å². The van der Waals surface area contributed by atoms with Crippen LogP contribution in [0.3, 0.4) is 0 Å². The van der Waals surface area contributed by atoms with Crippen molar-refractivity contribution in [3.63, 3.8) is 0 Å². The van der Waals surface area contributed by atoms with Crippen molar-refractivity contribution in [2.24, 2.45) is 0 Å². The summed E-state index contributed by atoms with van der Waals surface area (Å²) in [4.78, 5) is 0. The van der Waals surface area contributed by atoms with E-state index in [1.54, 1.807) is 12.1 Å². The smallest absolute Gasteiger partial charge is 0.123 e. The zero-order chi connectivity index (χ0) is 15.2. The number of hydrogen-bond donors (Lipinski definition) is 1. The molecule has 0 radical (unpaired) electrons. The van der Waals surface area contributed by atoms with Crippen LogP contribution >= 0.6 is 0 Å². The lowest BCUT2D eigenvalue weighted by molar-refractivity contribution is 0.424. The van der Waals surface area contributed by atoms with E-state index in [-0.39, 0.29) is 11.9 Å². The number of aryl methyl sites for hydroxylation is 1. The van der Waals surface area contributed by atoms with Gasteiger partial charge >= 0.3 is 0 Å². The fourth-order valence-electron chi connectivity index (χ4n) is 2.66. The normalized spacial score (nSPS) is 13.9. The van der Waals surface area contributed by atoms with Crippen LogP contribution in [-0.4, -0.2) is 0 Å². The Balaban J connectivity index is 2.17. The van der Waals surface area contributed by atoms with Gasteiger partial charge in [0.25, 0.3) is 0 Å². The topological polar surface area (TPSA) is 12.0 Å². The van der Waals surface area contributed by atoms with Gasteiger partial charge in [0.15, 0.2) is 0 Å². The fraction of sp³-hybridized carbons (Fsp3) is 0.368. The number of rotatable bonds is 6. The molecule has 1 nitrogen and oxygen atoms in total. The summed E-state index contributed by atoms with van der Waals surface area (Å²) in [6.07, 6.45) is 1.95. The predicted molar refractivity (Wildman–Crippen MR) is 86.8 cm³/mol. The monoisotopic (exact) mass is 285 g/mol. The van der Waals surface area contributed by atoms with Gasteiger partial charge < -0.3 is 5.32 Å². The summed E-state index contributed by atoms with van der Waals surface area (Å²) in [6, 6.07) is 16.0. The van der Waals surface area contributed by atoms with Crippen LogP contribution in [0.25, 0.3) is 0 Å². The number of nitrogens with one attached hydrogen (secondary N) is 1. The molecule has 0 aliphatic carbocycles. The fourth-order valence-corrected chi connectivity index (χ4v) is 2.66. The Morgan fingerprint density at radius 2 is 1.52 bits per heavy atom. The van der Waals surface area contributed by atoms with Crippen molar-refractivity contribution in [3.8, 4) is 0 Å². The summed E-state index contributed by atoms with van der Waals surface area (Å²) in [6.45, 7) is 6.40. The third-order valence-corrected chi connectivity index (χ3v) is 3.95. The third-order valence-electron chi connectivity index (χ3n) is 3.95. The van der Waals surface area contributed by atoms with Gasteiger partial charge in [0.1, 0.15) is 5.82 Å². The Labute approximate surface area is 127 Å². The average Bonchev–Trinajstić information content (AvgIpc) is 2.50. The summed E-state index contributed by atoms with van der Waals surface area (Å²) in [5.74, 6) is -0.170. The third kappa shape index (κ3) is 4.15. The number of benzene rings is 2. The Morgan fingerprint density at radius 3 is 2.10 bits per heavy atom. The maximum absolute atomic E-state index is 13.4. The molecule has 2 atom stereocenters. The summed E-state index contributed by atoms with van der Waals surface area (Å²) in [5, 5.41) is 3.67. The Bertz CT molecular complexity index is 562. The van der Waals surface area contributed by atoms with Gasteiger partial charge in [-0.1, -0.05) is 55.8 Å². The minimum atomic E-state index is -0.170. The molecule has 0 fully saturated rings. The SMILES string of the molecule is CCC(NC(CC)c1cccc(F)c1)c1ccc(C)cc1.